The maximum absolute atomic E-state index is 13.2. The van der Waals surface area contributed by atoms with Gasteiger partial charge in [0.25, 0.3) is 0 Å². The summed E-state index contributed by atoms with van der Waals surface area (Å²) < 4.78 is 1.92. The van der Waals surface area contributed by atoms with Gasteiger partial charge in [-0.1, -0.05) is 66.2 Å². The quantitative estimate of drug-likeness (QED) is 0.623. The molecule has 3 aromatic rings. The molecule has 0 spiro atoms. The number of hydrogen-bond acceptors (Lipinski definition) is 5. The highest BCUT2D eigenvalue weighted by Crippen LogP contribution is 2.37. The van der Waals surface area contributed by atoms with Crippen molar-refractivity contribution in [2.24, 2.45) is 0 Å². The Balaban J connectivity index is 1.66. The Bertz CT molecular complexity index is 1020. The Hall–Kier alpha value is -2.51. The summed E-state index contributed by atoms with van der Waals surface area (Å²) in [6, 6.07) is 15.2. The van der Waals surface area contributed by atoms with Crippen LogP contribution in [0.25, 0.3) is 0 Å². The summed E-state index contributed by atoms with van der Waals surface area (Å²) in [5.74, 6) is 0.766. The van der Waals surface area contributed by atoms with E-state index in [9.17, 15) is 4.79 Å². The molecule has 8 heteroatoms. The average molecular weight is 428 g/mol. The molecule has 2 aromatic carbocycles. The fourth-order valence-electron chi connectivity index (χ4n) is 3.29. The van der Waals surface area contributed by atoms with Crippen molar-refractivity contribution in [3.8, 4) is 0 Å². The molecule has 0 bridgehead atoms. The lowest BCUT2D eigenvalue weighted by atomic mass is 10.0. The number of carbonyl (C=O) groups is 1. The number of fused-ring (bicyclic) bond motifs is 1. The summed E-state index contributed by atoms with van der Waals surface area (Å²) in [5, 5.41) is 12.4. The predicted octanol–water partition coefficient (Wildman–Crippen LogP) is 4.59. The fourth-order valence-corrected chi connectivity index (χ4v) is 4.58. The zero-order valence-corrected chi connectivity index (χ0v) is 17.8. The van der Waals surface area contributed by atoms with Crippen LogP contribution in [0.1, 0.15) is 36.3 Å². The number of nitrogens with one attached hydrogen (secondary N) is 2. The van der Waals surface area contributed by atoms with Crippen molar-refractivity contribution in [1.29, 1.82) is 0 Å². The number of thioether (sulfide) groups is 1. The van der Waals surface area contributed by atoms with E-state index in [2.05, 4.69) is 52.1 Å². The smallest absolute Gasteiger partial charge is 0.240 e. The van der Waals surface area contributed by atoms with Gasteiger partial charge in [0.15, 0.2) is 5.82 Å². The van der Waals surface area contributed by atoms with Gasteiger partial charge in [0, 0.05) is 17.1 Å². The van der Waals surface area contributed by atoms with Crippen LogP contribution in [0.3, 0.4) is 0 Å². The van der Waals surface area contributed by atoms with Crippen LogP contribution in [0.4, 0.5) is 5.69 Å². The monoisotopic (exact) mass is 427 g/mol. The van der Waals surface area contributed by atoms with Crippen molar-refractivity contribution in [1.82, 2.24) is 14.9 Å². The number of aromatic nitrogens is 3. The van der Waals surface area contributed by atoms with Crippen LogP contribution in [0.15, 0.2) is 53.7 Å². The summed E-state index contributed by atoms with van der Waals surface area (Å²) in [7, 11) is 0. The topological polar surface area (TPSA) is 71.8 Å². The van der Waals surface area contributed by atoms with E-state index in [0.29, 0.717) is 15.9 Å². The Kier molecular flexibility index (Phi) is 5.78. The van der Waals surface area contributed by atoms with Gasteiger partial charge in [0.1, 0.15) is 5.25 Å². The number of amides is 1. The maximum atomic E-state index is 13.2. The van der Waals surface area contributed by atoms with Crippen LogP contribution in [0.2, 0.25) is 5.02 Å². The molecule has 0 saturated carbocycles. The van der Waals surface area contributed by atoms with Gasteiger partial charge in [-0.05, 0) is 37.1 Å². The van der Waals surface area contributed by atoms with E-state index < -0.39 is 5.25 Å². The van der Waals surface area contributed by atoms with Crippen molar-refractivity contribution in [3.05, 3.63) is 70.5 Å². The van der Waals surface area contributed by atoms with Gasteiger partial charge in [-0.3, -0.25) is 4.79 Å². The zero-order valence-electron chi connectivity index (χ0n) is 16.2. The Morgan fingerprint density at radius 1 is 1.24 bits per heavy atom. The van der Waals surface area contributed by atoms with Crippen molar-refractivity contribution < 1.29 is 4.79 Å². The molecular weight excluding hydrogens is 406 g/mol. The van der Waals surface area contributed by atoms with E-state index in [4.69, 9.17) is 11.6 Å². The molecule has 1 amide bonds. The minimum atomic E-state index is -0.414. The average Bonchev–Trinajstić information content (AvgIpc) is 3.10. The molecule has 2 atom stereocenters. The molecule has 29 heavy (non-hydrogen) atoms. The molecule has 2 unspecified atom stereocenters. The highest BCUT2D eigenvalue weighted by atomic mass is 35.5. The van der Waals surface area contributed by atoms with E-state index in [1.165, 1.54) is 17.3 Å². The summed E-state index contributed by atoms with van der Waals surface area (Å²) in [6.45, 7) is 4.16. The SMILES string of the molecule is CCCc1nnc2n1NC(c1ccc(C)cc1)C(C(=O)Nc1cccc(Cl)c1)S2. The van der Waals surface area contributed by atoms with Crippen molar-refractivity contribution in [3.63, 3.8) is 0 Å². The second-order valence-corrected chi connectivity index (χ2v) is 8.58. The van der Waals surface area contributed by atoms with Crippen LogP contribution in [0, 0.1) is 6.92 Å². The number of halogens is 1. The predicted molar refractivity (Wildman–Crippen MR) is 117 cm³/mol. The van der Waals surface area contributed by atoms with Gasteiger partial charge in [-0.2, -0.15) is 0 Å². The Morgan fingerprint density at radius 3 is 2.76 bits per heavy atom. The van der Waals surface area contributed by atoms with Gasteiger partial charge in [-0.15, -0.1) is 10.2 Å². The molecule has 0 aliphatic carbocycles. The molecule has 0 radical (unpaired) electrons. The third kappa shape index (κ3) is 4.26. The summed E-state index contributed by atoms with van der Waals surface area (Å²) >= 11 is 7.49. The van der Waals surface area contributed by atoms with Gasteiger partial charge >= 0.3 is 0 Å². The van der Waals surface area contributed by atoms with Crippen LogP contribution >= 0.6 is 23.4 Å². The Morgan fingerprint density at radius 2 is 2.03 bits per heavy atom. The van der Waals surface area contributed by atoms with Gasteiger partial charge in [0.05, 0.1) is 6.04 Å². The molecule has 2 heterocycles. The van der Waals surface area contributed by atoms with Crippen molar-refractivity contribution in [2.75, 3.05) is 10.7 Å². The van der Waals surface area contributed by atoms with Crippen LogP contribution in [-0.2, 0) is 11.2 Å². The minimum Gasteiger partial charge on any atom is -0.325 e. The number of rotatable bonds is 5. The minimum absolute atomic E-state index is 0.110. The highest BCUT2D eigenvalue weighted by Gasteiger charge is 2.37. The second kappa shape index (κ2) is 8.47. The van der Waals surface area contributed by atoms with Crippen LogP contribution < -0.4 is 10.7 Å². The lowest BCUT2D eigenvalue weighted by Crippen LogP contribution is -2.41. The van der Waals surface area contributed by atoms with Crippen LogP contribution in [-0.4, -0.2) is 26.0 Å². The number of carbonyl (C=O) groups excluding carboxylic acids is 1. The maximum Gasteiger partial charge on any atom is 0.240 e. The van der Waals surface area contributed by atoms with E-state index in [1.54, 1.807) is 12.1 Å². The van der Waals surface area contributed by atoms with E-state index in [0.717, 1.165) is 24.2 Å². The first kappa shape index (κ1) is 19.8. The summed E-state index contributed by atoms with van der Waals surface area (Å²) in [4.78, 5) is 13.2. The largest absolute Gasteiger partial charge is 0.325 e. The molecule has 150 valence electrons. The van der Waals surface area contributed by atoms with Gasteiger partial charge in [0.2, 0.25) is 11.1 Å². The number of anilines is 1. The molecular formula is C21H22ClN5OS. The number of nitrogens with zero attached hydrogens (tertiary/aromatic N) is 3. The molecule has 0 saturated heterocycles. The van der Waals surface area contributed by atoms with E-state index in [1.807, 2.05) is 23.7 Å². The van der Waals surface area contributed by atoms with E-state index >= 15 is 0 Å². The lowest BCUT2D eigenvalue weighted by molar-refractivity contribution is -0.116. The normalized spacial score (nSPS) is 18.0. The van der Waals surface area contributed by atoms with Crippen molar-refractivity contribution >= 4 is 35.0 Å². The molecule has 1 aromatic heterocycles. The first-order chi connectivity index (χ1) is 14.0. The van der Waals surface area contributed by atoms with E-state index in [-0.39, 0.29) is 11.9 Å². The first-order valence-corrected chi connectivity index (χ1v) is 10.8. The zero-order chi connectivity index (χ0) is 20.4. The lowest BCUT2D eigenvalue weighted by Gasteiger charge is -2.33. The molecule has 2 N–H and O–H groups in total. The summed E-state index contributed by atoms with van der Waals surface area (Å²) in [5.41, 5.74) is 6.36. The Labute approximate surface area is 179 Å². The first-order valence-electron chi connectivity index (χ1n) is 9.55. The molecule has 6 nitrogen and oxygen atoms in total. The number of aryl methyl sites for hydroxylation is 2. The van der Waals surface area contributed by atoms with Crippen molar-refractivity contribution in [2.45, 2.75) is 43.1 Å². The molecule has 0 fully saturated rings. The number of hydrogen-bond donors (Lipinski definition) is 2. The van der Waals surface area contributed by atoms with Gasteiger partial charge in [-0.25, -0.2) is 4.68 Å². The standard InChI is InChI=1S/C21H22ClN5OS/c1-3-5-17-24-25-21-27(17)26-18(14-10-8-13(2)9-11-14)19(29-21)20(28)23-16-7-4-6-15(22)12-16/h4,6-12,18-19,26H,3,5H2,1-2H3,(H,23,28). The second-order valence-electron chi connectivity index (χ2n) is 7.04. The van der Waals surface area contributed by atoms with Gasteiger partial charge < -0.3 is 10.7 Å². The van der Waals surface area contributed by atoms with Crippen LogP contribution in [0.5, 0.6) is 0 Å². The molecule has 4 rings (SSSR count). The highest BCUT2D eigenvalue weighted by molar-refractivity contribution is 8.00. The molecule has 1 aliphatic heterocycles. The third-order valence-corrected chi connectivity index (χ3v) is 6.21. The third-order valence-electron chi connectivity index (χ3n) is 4.76. The molecule has 1 aliphatic rings. The summed E-state index contributed by atoms with van der Waals surface area (Å²) in [6.07, 6.45) is 1.79. The fraction of sp³-hybridized carbons (Fsp3) is 0.286. The number of benzene rings is 2.